The minimum absolute atomic E-state index is 0.196. The Morgan fingerprint density at radius 2 is 1.80 bits per heavy atom. The molecule has 1 aliphatic carbocycles. The number of aromatic nitrogens is 2. The van der Waals surface area contributed by atoms with E-state index in [-0.39, 0.29) is 6.54 Å². The predicted molar refractivity (Wildman–Crippen MR) is 117 cm³/mol. The van der Waals surface area contributed by atoms with Crippen LogP contribution in [0.15, 0.2) is 48.8 Å². The topological polar surface area (TPSA) is 49.8 Å². The van der Waals surface area contributed by atoms with Crippen LogP contribution >= 0.6 is 11.6 Å². The number of hydrogen-bond acceptors (Lipinski definition) is 4. The van der Waals surface area contributed by atoms with Gasteiger partial charge in [-0.15, -0.1) is 0 Å². The molecule has 0 spiro atoms. The minimum atomic E-state index is -0.596. The van der Waals surface area contributed by atoms with E-state index in [9.17, 15) is 8.78 Å². The first-order valence-corrected chi connectivity index (χ1v) is 10.5. The van der Waals surface area contributed by atoms with E-state index in [0.29, 0.717) is 22.4 Å². The van der Waals surface area contributed by atoms with Crippen LogP contribution in [0.1, 0.15) is 37.7 Å². The van der Waals surface area contributed by atoms with E-state index in [1.165, 1.54) is 31.4 Å². The van der Waals surface area contributed by atoms with Crippen LogP contribution in [0.25, 0.3) is 11.1 Å². The van der Waals surface area contributed by atoms with Crippen molar-refractivity contribution in [3.05, 3.63) is 71.0 Å². The van der Waals surface area contributed by atoms with E-state index in [4.69, 9.17) is 11.6 Å². The quantitative estimate of drug-likeness (QED) is 0.474. The molecule has 4 rings (SSSR count). The summed E-state index contributed by atoms with van der Waals surface area (Å²) in [5, 5.41) is 7.15. The summed E-state index contributed by atoms with van der Waals surface area (Å²) in [5.74, 6) is 0.197. The van der Waals surface area contributed by atoms with Crippen molar-refractivity contribution in [2.75, 3.05) is 10.6 Å². The first kappa shape index (κ1) is 20.5. The summed E-state index contributed by atoms with van der Waals surface area (Å²) in [6.07, 6.45) is 9.42. The Hall–Kier alpha value is -2.73. The lowest BCUT2D eigenvalue weighted by Crippen LogP contribution is -2.22. The average molecular weight is 429 g/mol. The van der Waals surface area contributed by atoms with Crippen molar-refractivity contribution in [1.82, 2.24) is 9.97 Å². The molecular formula is C23H23ClF2N4. The van der Waals surface area contributed by atoms with Gasteiger partial charge in [-0.1, -0.05) is 36.9 Å². The number of rotatable bonds is 6. The summed E-state index contributed by atoms with van der Waals surface area (Å²) >= 11 is 6.42. The van der Waals surface area contributed by atoms with Crippen LogP contribution < -0.4 is 10.6 Å². The lowest BCUT2D eigenvalue weighted by molar-refractivity contribution is 0.462. The molecule has 1 aliphatic rings. The first-order valence-electron chi connectivity index (χ1n) is 10.1. The third-order valence-corrected chi connectivity index (χ3v) is 5.66. The molecule has 4 nitrogen and oxygen atoms in total. The maximum atomic E-state index is 13.9. The van der Waals surface area contributed by atoms with Gasteiger partial charge in [-0.25, -0.2) is 18.7 Å². The minimum Gasteiger partial charge on any atom is -0.367 e. The lowest BCUT2D eigenvalue weighted by atomic mass is 9.95. The summed E-state index contributed by atoms with van der Waals surface area (Å²) in [4.78, 5) is 8.72. The molecule has 0 atom stereocenters. The summed E-state index contributed by atoms with van der Waals surface area (Å²) in [6, 6.07) is 9.66. The Kier molecular flexibility index (Phi) is 6.43. The van der Waals surface area contributed by atoms with Crippen molar-refractivity contribution in [3.63, 3.8) is 0 Å². The van der Waals surface area contributed by atoms with Gasteiger partial charge in [0.2, 0.25) is 0 Å². The second-order valence-corrected chi connectivity index (χ2v) is 7.95. The van der Waals surface area contributed by atoms with Gasteiger partial charge in [0.05, 0.1) is 5.02 Å². The Balaban J connectivity index is 1.50. The molecule has 7 heteroatoms. The highest BCUT2D eigenvalue weighted by Gasteiger charge is 2.15. The Bertz CT molecular complexity index is 1020. The molecule has 1 aromatic carbocycles. The molecule has 0 radical (unpaired) electrons. The standard InChI is InChI=1S/C23H23ClF2N4/c24-20-14-29-23(30-18-4-2-1-3-5-18)12-19(20)15-8-9-27-22(10-15)28-13-16-6-7-17(25)11-21(16)26/h6-12,14,18H,1-5,13H2,(H,27,28)(H,29,30). The molecule has 0 aliphatic heterocycles. The van der Waals surface area contributed by atoms with Gasteiger partial charge in [0, 0.05) is 42.2 Å². The summed E-state index contributed by atoms with van der Waals surface area (Å²) < 4.78 is 26.9. The van der Waals surface area contributed by atoms with Crippen molar-refractivity contribution in [3.8, 4) is 11.1 Å². The molecule has 0 amide bonds. The normalized spacial score (nSPS) is 14.5. The van der Waals surface area contributed by atoms with Gasteiger partial charge in [-0.05, 0) is 42.7 Å². The number of anilines is 2. The molecule has 1 fully saturated rings. The van der Waals surface area contributed by atoms with Crippen LogP contribution in [-0.2, 0) is 6.54 Å². The van der Waals surface area contributed by atoms with E-state index in [1.54, 1.807) is 12.4 Å². The number of pyridine rings is 2. The maximum Gasteiger partial charge on any atom is 0.131 e. The zero-order valence-corrected chi connectivity index (χ0v) is 17.2. The van der Waals surface area contributed by atoms with E-state index in [0.717, 1.165) is 35.9 Å². The third-order valence-electron chi connectivity index (χ3n) is 5.36. The van der Waals surface area contributed by atoms with Gasteiger partial charge >= 0.3 is 0 Å². The van der Waals surface area contributed by atoms with Crippen LogP contribution in [0.5, 0.6) is 0 Å². The van der Waals surface area contributed by atoms with Crippen molar-refractivity contribution in [2.45, 2.75) is 44.7 Å². The molecule has 0 unspecified atom stereocenters. The molecular weight excluding hydrogens is 406 g/mol. The second-order valence-electron chi connectivity index (χ2n) is 7.55. The monoisotopic (exact) mass is 428 g/mol. The molecule has 156 valence electrons. The number of nitrogens with one attached hydrogen (secondary N) is 2. The number of benzene rings is 1. The molecule has 2 heterocycles. The highest BCUT2D eigenvalue weighted by Crippen LogP contribution is 2.31. The van der Waals surface area contributed by atoms with Gasteiger partial charge in [-0.3, -0.25) is 0 Å². The highest BCUT2D eigenvalue weighted by molar-refractivity contribution is 6.33. The average Bonchev–Trinajstić information content (AvgIpc) is 2.75. The van der Waals surface area contributed by atoms with Gasteiger partial charge in [-0.2, -0.15) is 0 Å². The van der Waals surface area contributed by atoms with E-state index in [2.05, 4.69) is 20.6 Å². The van der Waals surface area contributed by atoms with Crippen LogP contribution in [0.3, 0.4) is 0 Å². The molecule has 0 bridgehead atoms. The Labute approximate surface area is 179 Å². The van der Waals surface area contributed by atoms with Crippen molar-refractivity contribution in [1.29, 1.82) is 0 Å². The fraction of sp³-hybridized carbons (Fsp3) is 0.304. The van der Waals surface area contributed by atoms with Crippen molar-refractivity contribution < 1.29 is 8.78 Å². The Morgan fingerprint density at radius 1 is 0.967 bits per heavy atom. The fourth-order valence-electron chi connectivity index (χ4n) is 3.74. The van der Waals surface area contributed by atoms with Crippen LogP contribution in [0.2, 0.25) is 5.02 Å². The van der Waals surface area contributed by atoms with E-state index in [1.807, 2.05) is 18.2 Å². The molecule has 2 N–H and O–H groups in total. The number of nitrogens with zero attached hydrogens (tertiary/aromatic N) is 2. The van der Waals surface area contributed by atoms with Crippen molar-refractivity contribution in [2.24, 2.45) is 0 Å². The zero-order valence-electron chi connectivity index (χ0n) is 16.5. The molecule has 30 heavy (non-hydrogen) atoms. The summed E-state index contributed by atoms with van der Waals surface area (Å²) in [5.41, 5.74) is 2.10. The molecule has 1 saturated carbocycles. The van der Waals surface area contributed by atoms with Gasteiger partial charge < -0.3 is 10.6 Å². The van der Waals surface area contributed by atoms with Gasteiger partial charge in [0.25, 0.3) is 0 Å². The smallest absolute Gasteiger partial charge is 0.131 e. The van der Waals surface area contributed by atoms with Crippen LogP contribution in [0.4, 0.5) is 20.4 Å². The highest BCUT2D eigenvalue weighted by atomic mass is 35.5. The third kappa shape index (κ3) is 5.05. The number of hydrogen-bond donors (Lipinski definition) is 2. The largest absolute Gasteiger partial charge is 0.367 e. The maximum absolute atomic E-state index is 13.9. The second kappa shape index (κ2) is 9.39. The van der Waals surface area contributed by atoms with Gasteiger partial charge in [0.15, 0.2) is 0 Å². The molecule has 0 saturated heterocycles. The summed E-state index contributed by atoms with van der Waals surface area (Å²) in [6.45, 7) is 0.196. The predicted octanol–water partition coefficient (Wildman–Crippen LogP) is 6.43. The van der Waals surface area contributed by atoms with Crippen LogP contribution in [0, 0.1) is 11.6 Å². The molecule has 2 aromatic heterocycles. The Morgan fingerprint density at radius 3 is 2.60 bits per heavy atom. The zero-order chi connectivity index (χ0) is 20.9. The first-order chi connectivity index (χ1) is 14.6. The SMILES string of the molecule is Fc1ccc(CNc2cc(-c3cc(NC4CCCCC4)ncc3Cl)ccn2)c(F)c1. The van der Waals surface area contributed by atoms with E-state index >= 15 is 0 Å². The fourth-order valence-corrected chi connectivity index (χ4v) is 3.95. The van der Waals surface area contributed by atoms with Crippen LogP contribution in [-0.4, -0.2) is 16.0 Å². The van der Waals surface area contributed by atoms with Crippen molar-refractivity contribution >= 4 is 23.2 Å². The van der Waals surface area contributed by atoms with Gasteiger partial charge in [0.1, 0.15) is 23.3 Å². The molecule has 3 aromatic rings. The van der Waals surface area contributed by atoms with E-state index < -0.39 is 11.6 Å². The number of halogens is 3. The lowest BCUT2D eigenvalue weighted by Gasteiger charge is -2.23. The summed E-state index contributed by atoms with van der Waals surface area (Å²) in [7, 11) is 0.